The maximum atomic E-state index is 5.86. The quantitative estimate of drug-likeness (QED) is 0.876. The lowest BCUT2D eigenvalue weighted by Crippen LogP contribution is -2.04. The van der Waals surface area contributed by atoms with Gasteiger partial charge in [0.25, 0.3) is 0 Å². The van der Waals surface area contributed by atoms with Gasteiger partial charge in [0.15, 0.2) is 0 Å². The topological polar surface area (TPSA) is 91.7 Å². The van der Waals surface area contributed by atoms with E-state index in [4.69, 9.17) is 10.5 Å². The van der Waals surface area contributed by atoms with Gasteiger partial charge in [0.2, 0.25) is 11.0 Å². The van der Waals surface area contributed by atoms with Crippen molar-refractivity contribution in [1.29, 1.82) is 0 Å². The second-order valence-electron chi connectivity index (χ2n) is 4.49. The van der Waals surface area contributed by atoms with Crippen molar-refractivity contribution in [2.45, 2.75) is 23.0 Å². The van der Waals surface area contributed by atoms with Crippen LogP contribution in [0, 0.1) is 5.92 Å². The SMILES string of the molecule is Cn1nnnc1Sc1ccc(N)c(OCC2CC2)n1. The summed E-state index contributed by atoms with van der Waals surface area (Å²) in [6, 6.07) is 3.63. The maximum absolute atomic E-state index is 5.86. The number of tetrazole rings is 1. The summed E-state index contributed by atoms with van der Waals surface area (Å²) in [5, 5.41) is 12.7. The number of aromatic nitrogens is 5. The van der Waals surface area contributed by atoms with Crippen LogP contribution in [-0.2, 0) is 7.05 Å². The van der Waals surface area contributed by atoms with Gasteiger partial charge in [0.05, 0.1) is 12.3 Å². The van der Waals surface area contributed by atoms with Crippen LogP contribution >= 0.6 is 11.8 Å². The molecule has 7 nitrogen and oxygen atoms in total. The largest absolute Gasteiger partial charge is 0.476 e. The molecule has 0 aliphatic heterocycles. The van der Waals surface area contributed by atoms with Gasteiger partial charge in [-0.1, -0.05) is 0 Å². The number of nitrogens with zero attached hydrogens (tertiary/aromatic N) is 5. The van der Waals surface area contributed by atoms with E-state index < -0.39 is 0 Å². The molecule has 0 atom stereocenters. The molecule has 100 valence electrons. The molecule has 8 heteroatoms. The summed E-state index contributed by atoms with van der Waals surface area (Å²) >= 11 is 1.37. The number of hydrogen-bond acceptors (Lipinski definition) is 7. The van der Waals surface area contributed by atoms with Gasteiger partial charge in [-0.25, -0.2) is 9.67 Å². The van der Waals surface area contributed by atoms with Gasteiger partial charge in [-0.3, -0.25) is 0 Å². The fourth-order valence-electron chi connectivity index (χ4n) is 1.49. The highest BCUT2D eigenvalue weighted by Crippen LogP contribution is 2.32. The molecule has 0 bridgehead atoms. The van der Waals surface area contributed by atoms with E-state index >= 15 is 0 Å². The monoisotopic (exact) mass is 278 g/mol. The molecule has 1 aliphatic rings. The highest BCUT2D eigenvalue weighted by atomic mass is 32.2. The Morgan fingerprint density at radius 2 is 2.32 bits per heavy atom. The highest BCUT2D eigenvalue weighted by molar-refractivity contribution is 7.99. The summed E-state index contributed by atoms with van der Waals surface area (Å²) in [5.74, 6) is 1.16. The Hall–Kier alpha value is -1.83. The molecule has 0 amide bonds. The highest BCUT2D eigenvalue weighted by Gasteiger charge is 2.22. The fraction of sp³-hybridized carbons (Fsp3) is 0.455. The van der Waals surface area contributed by atoms with E-state index in [9.17, 15) is 0 Å². The van der Waals surface area contributed by atoms with E-state index in [1.807, 2.05) is 6.07 Å². The van der Waals surface area contributed by atoms with Crippen LogP contribution in [0.4, 0.5) is 5.69 Å². The Morgan fingerprint density at radius 1 is 1.47 bits per heavy atom. The Morgan fingerprint density at radius 3 is 3.00 bits per heavy atom. The predicted octanol–water partition coefficient (Wildman–Crippen LogP) is 1.13. The van der Waals surface area contributed by atoms with Crippen LogP contribution in [0.15, 0.2) is 22.3 Å². The Labute approximate surface area is 114 Å². The van der Waals surface area contributed by atoms with Crippen molar-refractivity contribution in [3.63, 3.8) is 0 Å². The molecular formula is C11H14N6OS. The zero-order valence-corrected chi connectivity index (χ0v) is 11.3. The van der Waals surface area contributed by atoms with Crippen molar-refractivity contribution >= 4 is 17.4 Å². The van der Waals surface area contributed by atoms with Crippen LogP contribution in [0.1, 0.15) is 12.8 Å². The third-order valence-corrected chi connectivity index (χ3v) is 3.76. The summed E-state index contributed by atoms with van der Waals surface area (Å²) in [6.45, 7) is 0.691. The first-order valence-corrected chi connectivity index (χ1v) is 6.83. The molecule has 0 aromatic carbocycles. The van der Waals surface area contributed by atoms with Gasteiger partial charge < -0.3 is 10.5 Å². The minimum atomic E-state index is 0.493. The molecule has 2 N–H and O–H groups in total. The molecule has 2 aromatic heterocycles. The first kappa shape index (κ1) is 12.2. The van der Waals surface area contributed by atoms with Gasteiger partial charge in [-0.15, -0.1) is 5.10 Å². The van der Waals surface area contributed by atoms with Crippen molar-refractivity contribution in [3.8, 4) is 5.88 Å². The van der Waals surface area contributed by atoms with E-state index in [-0.39, 0.29) is 0 Å². The molecule has 3 rings (SSSR count). The molecule has 0 unspecified atom stereocenters. The molecular weight excluding hydrogens is 264 g/mol. The Bertz CT molecular complexity index is 582. The molecule has 1 saturated carbocycles. The molecule has 19 heavy (non-hydrogen) atoms. The number of ether oxygens (including phenoxy) is 1. The fourth-order valence-corrected chi connectivity index (χ4v) is 2.19. The number of nitrogens with two attached hydrogens (primary N) is 1. The lowest BCUT2D eigenvalue weighted by molar-refractivity contribution is 0.288. The summed E-state index contributed by atoms with van der Waals surface area (Å²) in [4.78, 5) is 4.39. The van der Waals surface area contributed by atoms with Crippen LogP contribution < -0.4 is 10.5 Å². The van der Waals surface area contributed by atoms with E-state index in [1.165, 1.54) is 24.6 Å². The van der Waals surface area contributed by atoms with E-state index in [1.54, 1.807) is 17.8 Å². The number of nitrogen functional groups attached to an aromatic ring is 1. The zero-order chi connectivity index (χ0) is 13.2. The summed E-state index contributed by atoms with van der Waals surface area (Å²) in [6.07, 6.45) is 2.47. The zero-order valence-electron chi connectivity index (χ0n) is 10.5. The lowest BCUT2D eigenvalue weighted by atomic mass is 10.4. The van der Waals surface area contributed by atoms with Gasteiger partial charge in [0.1, 0.15) is 5.03 Å². The van der Waals surface area contributed by atoms with Crippen LogP contribution in [0.3, 0.4) is 0 Å². The number of pyridine rings is 1. The number of hydrogen-bond donors (Lipinski definition) is 1. The third-order valence-electron chi connectivity index (χ3n) is 2.79. The number of rotatable bonds is 5. The standard InChI is InChI=1S/C11H14N6OS/c1-17-11(14-15-16-17)19-9-5-4-8(12)10(13-9)18-6-7-2-3-7/h4-5,7H,2-3,6,12H2,1H3. The number of anilines is 1. The van der Waals surface area contributed by atoms with E-state index in [2.05, 4.69) is 20.5 Å². The molecule has 2 aromatic rings. The summed E-state index contributed by atoms with van der Waals surface area (Å²) in [5.41, 5.74) is 6.41. The predicted molar refractivity (Wildman–Crippen MR) is 69.8 cm³/mol. The molecule has 2 heterocycles. The molecule has 1 aliphatic carbocycles. The Kier molecular flexibility index (Phi) is 3.24. The average Bonchev–Trinajstić information content (AvgIpc) is 3.14. The van der Waals surface area contributed by atoms with Gasteiger partial charge in [-0.2, -0.15) is 0 Å². The van der Waals surface area contributed by atoms with Crippen molar-refractivity contribution in [3.05, 3.63) is 12.1 Å². The summed E-state index contributed by atoms with van der Waals surface area (Å²) in [7, 11) is 1.78. The van der Waals surface area contributed by atoms with E-state index in [0.29, 0.717) is 29.2 Å². The molecule has 1 fully saturated rings. The average molecular weight is 278 g/mol. The summed E-state index contributed by atoms with van der Waals surface area (Å²) < 4.78 is 7.23. The van der Waals surface area contributed by atoms with Gasteiger partial charge in [0, 0.05) is 7.05 Å². The minimum Gasteiger partial charge on any atom is -0.476 e. The smallest absolute Gasteiger partial charge is 0.238 e. The Balaban J connectivity index is 1.74. The van der Waals surface area contributed by atoms with Crippen molar-refractivity contribution in [2.75, 3.05) is 12.3 Å². The van der Waals surface area contributed by atoms with Crippen LogP contribution in [0.25, 0.3) is 0 Å². The minimum absolute atomic E-state index is 0.493. The lowest BCUT2D eigenvalue weighted by Gasteiger charge is -2.08. The van der Waals surface area contributed by atoms with Crippen LogP contribution in [0.2, 0.25) is 0 Å². The van der Waals surface area contributed by atoms with Gasteiger partial charge in [-0.05, 0) is 53.1 Å². The molecule has 0 spiro atoms. The third kappa shape index (κ3) is 2.95. The molecule has 0 saturated heterocycles. The van der Waals surface area contributed by atoms with E-state index in [0.717, 1.165) is 5.03 Å². The normalized spacial score (nSPS) is 14.6. The van der Waals surface area contributed by atoms with Crippen LogP contribution in [0.5, 0.6) is 5.88 Å². The van der Waals surface area contributed by atoms with Crippen molar-refractivity contribution in [2.24, 2.45) is 13.0 Å². The van der Waals surface area contributed by atoms with Gasteiger partial charge >= 0.3 is 0 Å². The first-order chi connectivity index (χ1) is 9.22. The maximum Gasteiger partial charge on any atom is 0.238 e. The van der Waals surface area contributed by atoms with Crippen LogP contribution in [-0.4, -0.2) is 31.8 Å². The second-order valence-corrected chi connectivity index (χ2v) is 5.47. The molecule has 0 radical (unpaired) electrons. The first-order valence-electron chi connectivity index (χ1n) is 6.02. The van der Waals surface area contributed by atoms with Crippen molar-refractivity contribution in [1.82, 2.24) is 25.2 Å². The van der Waals surface area contributed by atoms with Crippen molar-refractivity contribution < 1.29 is 4.74 Å². The number of aryl methyl sites for hydroxylation is 1. The second kappa shape index (κ2) is 5.04.